The fourth-order valence-corrected chi connectivity index (χ4v) is 4.66. The number of rotatable bonds is 3. The molecular formula is C19H22N2O3S. The predicted molar refractivity (Wildman–Crippen MR) is 101 cm³/mol. The van der Waals surface area contributed by atoms with Crippen molar-refractivity contribution < 1.29 is 13.2 Å². The maximum atomic E-state index is 12.9. The van der Waals surface area contributed by atoms with Gasteiger partial charge in [-0.3, -0.25) is 9.10 Å². The van der Waals surface area contributed by atoms with Crippen molar-refractivity contribution in [1.29, 1.82) is 0 Å². The van der Waals surface area contributed by atoms with Gasteiger partial charge in [0.2, 0.25) is 10.0 Å². The lowest BCUT2D eigenvalue weighted by atomic mass is 10.1. The van der Waals surface area contributed by atoms with Gasteiger partial charge in [0.05, 0.1) is 11.4 Å². The van der Waals surface area contributed by atoms with Gasteiger partial charge in [0.15, 0.2) is 0 Å². The van der Waals surface area contributed by atoms with Gasteiger partial charge in [-0.05, 0) is 55.7 Å². The summed E-state index contributed by atoms with van der Waals surface area (Å²) in [6.45, 7) is 4.42. The van der Waals surface area contributed by atoms with Gasteiger partial charge in [-0.15, -0.1) is 0 Å². The lowest BCUT2D eigenvalue weighted by Gasteiger charge is -2.22. The van der Waals surface area contributed by atoms with E-state index in [9.17, 15) is 13.2 Å². The molecule has 5 nitrogen and oxygen atoms in total. The number of amides is 1. The van der Waals surface area contributed by atoms with Crippen LogP contribution in [0.25, 0.3) is 0 Å². The number of carbonyl (C=O) groups excluding carboxylic acids is 1. The van der Waals surface area contributed by atoms with E-state index in [0.29, 0.717) is 24.2 Å². The van der Waals surface area contributed by atoms with E-state index in [0.717, 1.165) is 16.8 Å². The lowest BCUT2D eigenvalue weighted by Crippen LogP contribution is -2.28. The molecule has 1 heterocycles. The van der Waals surface area contributed by atoms with Gasteiger partial charge in [-0.1, -0.05) is 18.2 Å². The molecule has 2 aromatic rings. The molecule has 3 rings (SSSR count). The van der Waals surface area contributed by atoms with Crippen molar-refractivity contribution in [3.05, 3.63) is 59.2 Å². The van der Waals surface area contributed by atoms with Crippen molar-refractivity contribution in [2.24, 2.45) is 0 Å². The second-order valence-electron chi connectivity index (χ2n) is 6.45. The minimum atomic E-state index is -3.26. The number of anilines is 2. The van der Waals surface area contributed by atoms with Crippen LogP contribution in [0.2, 0.25) is 0 Å². The Hall–Kier alpha value is -2.34. The summed E-state index contributed by atoms with van der Waals surface area (Å²) < 4.78 is 25.6. The maximum Gasteiger partial charge on any atom is 0.258 e. The molecule has 0 aliphatic carbocycles. The normalized spacial score (nSPS) is 16.0. The first-order chi connectivity index (χ1) is 11.8. The first-order valence-electron chi connectivity index (χ1n) is 8.25. The molecule has 0 N–H and O–H groups in total. The van der Waals surface area contributed by atoms with E-state index in [2.05, 4.69) is 0 Å². The van der Waals surface area contributed by atoms with Crippen molar-refractivity contribution in [3.63, 3.8) is 0 Å². The van der Waals surface area contributed by atoms with Gasteiger partial charge >= 0.3 is 0 Å². The molecule has 1 aliphatic rings. The summed E-state index contributed by atoms with van der Waals surface area (Å²) >= 11 is 0. The van der Waals surface area contributed by atoms with Crippen LogP contribution in [0.15, 0.2) is 42.5 Å². The van der Waals surface area contributed by atoms with Crippen LogP contribution >= 0.6 is 0 Å². The van der Waals surface area contributed by atoms with Crippen LogP contribution in [0.1, 0.15) is 27.9 Å². The maximum absolute atomic E-state index is 12.9. The fraction of sp³-hybridized carbons (Fsp3) is 0.316. The standard InChI is InChI=1S/C19H22N2O3S/c1-14-8-9-15(2)18(12-14)20(3)19(22)16-6-4-7-17(13-16)21-10-5-11-25(21,23)24/h4,6-9,12-13H,5,10-11H2,1-3H3. The second kappa shape index (κ2) is 6.52. The van der Waals surface area contributed by atoms with Crippen LogP contribution in [0.5, 0.6) is 0 Å². The number of sulfonamides is 1. The van der Waals surface area contributed by atoms with Gasteiger partial charge in [0.25, 0.3) is 5.91 Å². The third kappa shape index (κ3) is 3.39. The van der Waals surface area contributed by atoms with Crippen LogP contribution in [0.4, 0.5) is 11.4 Å². The highest BCUT2D eigenvalue weighted by Gasteiger charge is 2.29. The minimum Gasteiger partial charge on any atom is -0.311 e. The van der Waals surface area contributed by atoms with Gasteiger partial charge in [-0.25, -0.2) is 8.42 Å². The molecule has 1 amide bonds. The average Bonchev–Trinajstić information content (AvgIpc) is 2.95. The van der Waals surface area contributed by atoms with E-state index in [1.54, 1.807) is 36.2 Å². The molecule has 0 aromatic heterocycles. The Morgan fingerprint density at radius 3 is 2.56 bits per heavy atom. The predicted octanol–water partition coefficient (Wildman–Crippen LogP) is 3.12. The summed E-state index contributed by atoms with van der Waals surface area (Å²) in [7, 11) is -1.52. The van der Waals surface area contributed by atoms with Crippen molar-refractivity contribution in [2.75, 3.05) is 28.6 Å². The summed E-state index contributed by atoms with van der Waals surface area (Å²) in [6, 6.07) is 12.8. The molecule has 2 aromatic carbocycles. The molecule has 1 aliphatic heterocycles. The molecule has 0 bridgehead atoms. The van der Waals surface area contributed by atoms with Crippen LogP contribution in [0.3, 0.4) is 0 Å². The third-order valence-electron chi connectivity index (χ3n) is 4.51. The number of nitrogens with zero attached hydrogens (tertiary/aromatic N) is 2. The highest BCUT2D eigenvalue weighted by molar-refractivity contribution is 7.93. The molecule has 1 saturated heterocycles. The third-order valence-corrected chi connectivity index (χ3v) is 6.38. The van der Waals surface area contributed by atoms with Crippen molar-refractivity contribution >= 4 is 27.3 Å². The summed E-state index contributed by atoms with van der Waals surface area (Å²) in [4.78, 5) is 14.5. The largest absolute Gasteiger partial charge is 0.311 e. The molecule has 0 spiro atoms. The van der Waals surface area contributed by atoms with E-state index in [4.69, 9.17) is 0 Å². The van der Waals surface area contributed by atoms with Crippen LogP contribution in [0, 0.1) is 13.8 Å². The molecule has 0 unspecified atom stereocenters. The van der Waals surface area contributed by atoms with E-state index >= 15 is 0 Å². The SMILES string of the molecule is Cc1ccc(C)c(N(C)C(=O)c2cccc(N3CCCS3(=O)=O)c2)c1. The molecular weight excluding hydrogens is 336 g/mol. The number of benzene rings is 2. The van der Waals surface area contributed by atoms with Crippen molar-refractivity contribution in [3.8, 4) is 0 Å². The Bertz CT molecular complexity index is 922. The lowest BCUT2D eigenvalue weighted by molar-refractivity contribution is 0.0993. The van der Waals surface area contributed by atoms with Crippen molar-refractivity contribution in [2.45, 2.75) is 20.3 Å². The fourth-order valence-electron chi connectivity index (χ4n) is 3.11. The summed E-state index contributed by atoms with van der Waals surface area (Å²) in [6.07, 6.45) is 0.614. The Labute approximate surface area is 148 Å². The van der Waals surface area contributed by atoms with Crippen molar-refractivity contribution in [1.82, 2.24) is 0 Å². The highest BCUT2D eigenvalue weighted by Crippen LogP contribution is 2.27. The molecule has 132 valence electrons. The topological polar surface area (TPSA) is 57.7 Å². The summed E-state index contributed by atoms with van der Waals surface area (Å²) in [5.74, 6) is 0.000230. The molecule has 0 saturated carbocycles. The van der Waals surface area contributed by atoms with E-state index < -0.39 is 10.0 Å². The Morgan fingerprint density at radius 2 is 1.88 bits per heavy atom. The summed E-state index contributed by atoms with van der Waals surface area (Å²) in [5, 5.41) is 0. The number of hydrogen-bond acceptors (Lipinski definition) is 3. The monoisotopic (exact) mass is 358 g/mol. The summed E-state index contributed by atoms with van der Waals surface area (Å²) in [5.41, 5.74) is 3.97. The van der Waals surface area contributed by atoms with E-state index in [-0.39, 0.29) is 11.7 Å². The molecule has 6 heteroatoms. The smallest absolute Gasteiger partial charge is 0.258 e. The number of carbonyl (C=O) groups is 1. The molecule has 0 atom stereocenters. The molecule has 1 fully saturated rings. The van der Waals surface area contributed by atoms with Crippen LogP contribution < -0.4 is 9.21 Å². The van der Waals surface area contributed by atoms with Crippen LogP contribution in [-0.4, -0.2) is 33.7 Å². The zero-order chi connectivity index (χ0) is 18.2. The number of hydrogen-bond donors (Lipinski definition) is 0. The first-order valence-corrected chi connectivity index (χ1v) is 9.86. The Kier molecular flexibility index (Phi) is 4.56. The average molecular weight is 358 g/mol. The minimum absolute atomic E-state index is 0.160. The zero-order valence-corrected chi connectivity index (χ0v) is 15.5. The van der Waals surface area contributed by atoms with E-state index in [1.807, 2.05) is 32.0 Å². The van der Waals surface area contributed by atoms with Gasteiger partial charge in [-0.2, -0.15) is 0 Å². The number of aryl methyl sites for hydroxylation is 2. The Balaban J connectivity index is 1.93. The molecule has 0 radical (unpaired) electrons. The quantitative estimate of drug-likeness (QED) is 0.847. The highest BCUT2D eigenvalue weighted by atomic mass is 32.2. The zero-order valence-electron chi connectivity index (χ0n) is 14.7. The first kappa shape index (κ1) is 17.5. The molecule has 25 heavy (non-hydrogen) atoms. The van der Waals surface area contributed by atoms with Gasteiger partial charge in [0, 0.05) is 24.8 Å². The Morgan fingerprint density at radius 1 is 1.12 bits per heavy atom. The van der Waals surface area contributed by atoms with Gasteiger partial charge < -0.3 is 4.90 Å². The second-order valence-corrected chi connectivity index (χ2v) is 8.46. The van der Waals surface area contributed by atoms with Gasteiger partial charge in [0.1, 0.15) is 0 Å². The van der Waals surface area contributed by atoms with Crippen LogP contribution in [-0.2, 0) is 10.0 Å². The van der Waals surface area contributed by atoms with E-state index in [1.165, 1.54) is 4.31 Å².